The number of halogens is 1. The summed E-state index contributed by atoms with van der Waals surface area (Å²) in [5.74, 6) is -0.0802. The first kappa shape index (κ1) is 16.1. The van der Waals surface area contributed by atoms with Crippen LogP contribution in [0.15, 0.2) is 60.7 Å². The topological polar surface area (TPSA) is 57.2 Å². The van der Waals surface area contributed by atoms with Crippen LogP contribution in [-0.4, -0.2) is 17.6 Å². The highest BCUT2D eigenvalue weighted by molar-refractivity contribution is 6.17. The molecule has 0 saturated carbocycles. The minimum atomic E-state index is -0.503. The summed E-state index contributed by atoms with van der Waals surface area (Å²) in [6.45, 7) is 0.482. The predicted octanol–water partition coefficient (Wildman–Crippen LogP) is 4.09. The van der Waals surface area contributed by atoms with E-state index >= 15 is 0 Å². The first-order valence-electron chi connectivity index (χ1n) is 8.22. The second-order valence-corrected chi connectivity index (χ2v) is 6.12. The maximum absolute atomic E-state index is 14.0. The normalized spacial score (nSPS) is 11.2. The van der Waals surface area contributed by atoms with Gasteiger partial charge in [-0.05, 0) is 36.4 Å². The Hall–Kier alpha value is -3.34. The van der Waals surface area contributed by atoms with E-state index in [-0.39, 0.29) is 5.82 Å². The SMILES string of the molecule is COc1ccccc1Cn1c2cc(F)ccc2c2c(C(N)=O)cccc21. The summed E-state index contributed by atoms with van der Waals surface area (Å²) in [6, 6.07) is 17.7. The zero-order chi connectivity index (χ0) is 18.3. The van der Waals surface area contributed by atoms with E-state index in [0.717, 1.165) is 27.6 Å². The second kappa shape index (κ2) is 6.19. The van der Waals surface area contributed by atoms with E-state index in [0.29, 0.717) is 17.6 Å². The van der Waals surface area contributed by atoms with E-state index in [1.54, 1.807) is 25.3 Å². The van der Waals surface area contributed by atoms with Gasteiger partial charge in [-0.3, -0.25) is 4.79 Å². The van der Waals surface area contributed by atoms with Crippen molar-refractivity contribution in [3.63, 3.8) is 0 Å². The Morgan fingerprint density at radius 1 is 1.08 bits per heavy atom. The molecule has 0 unspecified atom stereocenters. The van der Waals surface area contributed by atoms with Gasteiger partial charge in [-0.1, -0.05) is 24.3 Å². The summed E-state index contributed by atoms with van der Waals surface area (Å²) in [5, 5.41) is 1.54. The Morgan fingerprint density at radius 2 is 1.88 bits per heavy atom. The highest BCUT2D eigenvalue weighted by atomic mass is 19.1. The highest BCUT2D eigenvalue weighted by Gasteiger charge is 2.17. The van der Waals surface area contributed by atoms with Crippen LogP contribution in [0.25, 0.3) is 21.8 Å². The molecular weight excluding hydrogens is 331 g/mol. The Morgan fingerprint density at radius 3 is 2.65 bits per heavy atom. The van der Waals surface area contributed by atoms with E-state index in [1.807, 2.05) is 34.9 Å². The number of hydrogen-bond acceptors (Lipinski definition) is 2. The zero-order valence-electron chi connectivity index (χ0n) is 14.2. The Bertz CT molecular complexity index is 1150. The molecule has 130 valence electrons. The van der Waals surface area contributed by atoms with Crippen LogP contribution in [0, 0.1) is 5.82 Å². The third kappa shape index (κ3) is 2.49. The van der Waals surface area contributed by atoms with Crippen LogP contribution in [0.3, 0.4) is 0 Å². The van der Waals surface area contributed by atoms with Gasteiger partial charge >= 0.3 is 0 Å². The summed E-state index contributed by atoms with van der Waals surface area (Å²) >= 11 is 0. The lowest BCUT2D eigenvalue weighted by Gasteiger charge is -2.11. The number of fused-ring (bicyclic) bond motifs is 3. The van der Waals surface area contributed by atoms with Crippen molar-refractivity contribution in [2.75, 3.05) is 7.11 Å². The van der Waals surface area contributed by atoms with E-state index in [2.05, 4.69) is 0 Å². The van der Waals surface area contributed by atoms with E-state index in [4.69, 9.17) is 10.5 Å². The number of carbonyl (C=O) groups is 1. The molecule has 0 fully saturated rings. The van der Waals surface area contributed by atoms with Crippen molar-refractivity contribution in [3.05, 3.63) is 77.6 Å². The molecule has 4 rings (SSSR count). The fraction of sp³-hybridized carbons (Fsp3) is 0.0952. The highest BCUT2D eigenvalue weighted by Crippen LogP contribution is 2.33. The molecule has 0 bridgehead atoms. The molecule has 4 nitrogen and oxygen atoms in total. The molecule has 0 saturated heterocycles. The van der Waals surface area contributed by atoms with Crippen molar-refractivity contribution >= 4 is 27.7 Å². The quantitative estimate of drug-likeness (QED) is 0.604. The third-order valence-corrected chi connectivity index (χ3v) is 4.64. The number of nitrogens with zero attached hydrogens (tertiary/aromatic N) is 1. The number of nitrogens with two attached hydrogens (primary N) is 1. The summed E-state index contributed by atoms with van der Waals surface area (Å²) in [4.78, 5) is 11.9. The van der Waals surface area contributed by atoms with Crippen LogP contribution in [0.2, 0.25) is 0 Å². The predicted molar refractivity (Wildman–Crippen MR) is 100 cm³/mol. The molecule has 1 aromatic heterocycles. The van der Waals surface area contributed by atoms with Crippen LogP contribution in [0.1, 0.15) is 15.9 Å². The van der Waals surface area contributed by atoms with Crippen LogP contribution in [-0.2, 0) is 6.54 Å². The number of benzene rings is 3. The maximum atomic E-state index is 14.0. The number of primary amides is 1. The zero-order valence-corrected chi connectivity index (χ0v) is 14.2. The van der Waals surface area contributed by atoms with Gasteiger partial charge < -0.3 is 15.0 Å². The largest absolute Gasteiger partial charge is 0.496 e. The van der Waals surface area contributed by atoms with Gasteiger partial charge in [0.2, 0.25) is 5.91 Å². The van der Waals surface area contributed by atoms with Crippen molar-refractivity contribution in [3.8, 4) is 5.75 Å². The average molecular weight is 348 g/mol. The number of carbonyl (C=O) groups excluding carboxylic acids is 1. The molecule has 0 aliphatic carbocycles. The monoisotopic (exact) mass is 348 g/mol. The van der Waals surface area contributed by atoms with Crippen LogP contribution < -0.4 is 10.5 Å². The van der Waals surface area contributed by atoms with Crippen molar-refractivity contribution in [1.82, 2.24) is 4.57 Å². The molecule has 0 radical (unpaired) electrons. The van der Waals surface area contributed by atoms with Crippen LogP contribution in [0.4, 0.5) is 4.39 Å². The van der Waals surface area contributed by atoms with E-state index in [1.165, 1.54) is 12.1 Å². The van der Waals surface area contributed by atoms with Gasteiger partial charge in [-0.15, -0.1) is 0 Å². The van der Waals surface area contributed by atoms with Gasteiger partial charge in [0, 0.05) is 21.9 Å². The van der Waals surface area contributed by atoms with Crippen LogP contribution in [0.5, 0.6) is 5.75 Å². The van der Waals surface area contributed by atoms with Crippen LogP contribution >= 0.6 is 0 Å². The molecule has 5 heteroatoms. The molecule has 0 spiro atoms. The minimum absolute atomic E-state index is 0.331. The number of aromatic nitrogens is 1. The molecular formula is C21H17FN2O2. The maximum Gasteiger partial charge on any atom is 0.249 e. The molecule has 0 atom stereocenters. The molecule has 1 amide bonds. The van der Waals surface area contributed by atoms with Crippen molar-refractivity contribution in [2.45, 2.75) is 6.54 Å². The molecule has 26 heavy (non-hydrogen) atoms. The number of rotatable bonds is 4. The number of ether oxygens (including phenoxy) is 1. The lowest BCUT2D eigenvalue weighted by Crippen LogP contribution is -2.11. The molecule has 3 aromatic carbocycles. The number of hydrogen-bond donors (Lipinski definition) is 1. The second-order valence-electron chi connectivity index (χ2n) is 6.12. The molecule has 2 N–H and O–H groups in total. The van der Waals surface area contributed by atoms with E-state index in [9.17, 15) is 9.18 Å². The van der Waals surface area contributed by atoms with Gasteiger partial charge in [0.25, 0.3) is 0 Å². The summed E-state index contributed by atoms with van der Waals surface area (Å²) in [6.07, 6.45) is 0. The fourth-order valence-electron chi connectivity index (χ4n) is 3.50. The van der Waals surface area contributed by atoms with Gasteiger partial charge in [0.15, 0.2) is 0 Å². The Balaban J connectivity index is 2.05. The number of para-hydroxylation sites is 1. The van der Waals surface area contributed by atoms with Crippen molar-refractivity contribution < 1.29 is 13.9 Å². The molecule has 0 aliphatic rings. The standard InChI is InChI=1S/C21H17FN2O2/c1-26-19-8-3-2-5-13(19)12-24-17-7-4-6-16(21(23)25)20(17)15-10-9-14(22)11-18(15)24/h2-11H,12H2,1H3,(H2,23,25). The Labute approximate surface area is 149 Å². The van der Waals surface area contributed by atoms with Gasteiger partial charge in [0.05, 0.1) is 24.7 Å². The lowest BCUT2D eigenvalue weighted by atomic mass is 10.1. The van der Waals surface area contributed by atoms with Crippen molar-refractivity contribution in [2.24, 2.45) is 5.73 Å². The number of amides is 1. The lowest BCUT2D eigenvalue weighted by molar-refractivity contribution is 0.100. The minimum Gasteiger partial charge on any atom is -0.496 e. The number of methoxy groups -OCH3 is 1. The van der Waals surface area contributed by atoms with Gasteiger partial charge in [-0.25, -0.2) is 4.39 Å². The van der Waals surface area contributed by atoms with Crippen molar-refractivity contribution in [1.29, 1.82) is 0 Å². The molecule has 1 heterocycles. The summed E-state index contributed by atoms with van der Waals surface area (Å²) in [5.41, 5.74) is 8.49. The van der Waals surface area contributed by atoms with Gasteiger partial charge in [0.1, 0.15) is 11.6 Å². The summed E-state index contributed by atoms with van der Waals surface area (Å²) < 4.78 is 21.4. The third-order valence-electron chi connectivity index (χ3n) is 4.64. The van der Waals surface area contributed by atoms with Gasteiger partial charge in [-0.2, -0.15) is 0 Å². The summed E-state index contributed by atoms with van der Waals surface area (Å²) in [7, 11) is 1.62. The average Bonchev–Trinajstić information content (AvgIpc) is 2.95. The Kier molecular flexibility index (Phi) is 3.84. The molecule has 4 aromatic rings. The smallest absolute Gasteiger partial charge is 0.249 e. The first-order chi connectivity index (χ1) is 12.6. The fourth-order valence-corrected chi connectivity index (χ4v) is 3.50. The van der Waals surface area contributed by atoms with E-state index < -0.39 is 5.91 Å². The first-order valence-corrected chi connectivity index (χ1v) is 8.22. The molecule has 0 aliphatic heterocycles.